The summed E-state index contributed by atoms with van der Waals surface area (Å²) in [6, 6.07) is 7.98. The molecule has 0 radical (unpaired) electrons. The highest BCUT2D eigenvalue weighted by Crippen LogP contribution is 2.59. The van der Waals surface area contributed by atoms with Crippen LogP contribution < -0.4 is 5.32 Å². The predicted molar refractivity (Wildman–Crippen MR) is 151 cm³/mol. The number of hydrogen-bond donors (Lipinski definition) is 2. The molecule has 10 heteroatoms. The smallest absolute Gasteiger partial charge is 0.313 e. The molecule has 3 fully saturated rings. The predicted octanol–water partition coefficient (Wildman–Crippen LogP) is 2.14. The summed E-state index contributed by atoms with van der Waals surface area (Å²) >= 11 is 0. The van der Waals surface area contributed by atoms with Crippen molar-refractivity contribution in [2.75, 3.05) is 26.2 Å². The van der Waals surface area contributed by atoms with Crippen molar-refractivity contribution in [3.8, 4) is 0 Å². The van der Waals surface area contributed by atoms with E-state index in [2.05, 4.69) is 18.5 Å². The number of fused-ring (bicyclic) bond motifs is 1. The second-order valence-electron chi connectivity index (χ2n) is 11.2. The Kier molecular flexibility index (Phi) is 9.65. The first kappa shape index (κ1) is 30.5. The molecule has 3 aliphatic heterocycles. The maximum Gasteiger partial charge on any atom is 0.313 e. The van der Waals surface area contributed by atoms with Crippen molar-refractivity contribution in [1.29, 1.82) is 0 Å². The molecule has 0 saturated carbocycles. The number of aliphatic hydroxyl groups excluding tert-OH is 1. The van der Waals surface area contributed by atoms with E-state index in [0.29, 0.717) is 31.4 Å². The molecule has 10 nitrogen and oxygen atoms in total. The fraction of sp³-hybridized carbons (Fsp3) is 0.548. The zero-order valence-corrected chi connectivity index (χ0v) is 23.9. The Morgan fingerprint density at radius 2 is 1.98 bits per heavy atom. The number of esters is 1. The van der Waals surface area contributed by atoms with Crippen LogP contribution in [0.3, 0.4) is 0 Å². The number of rotatable bonds is 14. The molecule has 3 amide bonds. The maximum atomic E-state index is 14.0. The number of amides is 3. The Balaban J connectivity index is 1.61. The number of likely N-dealkylation sites (tertiary alicyclic amines) is 1. The van der Waals surface area contributed by atoms with E-state index in [1.165, 1.54) is 4.90 Å². The van der Waals surface area contributed by atoms with Crippen LogP contribution in [0.15, 0.2) is 55.6 Å². The van der Waals surface area contributed by atoms with Gasteiger partial charge in [0.15, 0.2) is 0 Å². The summed E-state index contributed by atoms with van der Waals surface area (Å²) in [5.74, 6) is -3.30. The summed E-state index contributed by atoms with van der Waals surface area (Å²) in [6.07, 6.45) is 3.67. The average molecular weight is 568 g/mol. The third-order valence-electron chi connectivity index (χ3n) is 8.37. The van der Waals surface area contributed by atoms with E-state index < -0.39 is 47.6 Å². The van der Waals surface area contributed by atoms with Gasteiger partial charge in [0.05, 0.1) is 31.1 Å². The molecular formula is C31H41N3O7. The van der Waals surface area contributed by atoms with Crippen LogP contribution in [0.5, 0.6) is 0 Å². The minimum atomic E-state index is -1.19. The van der Waals surface area contributed by atoms with E-state index in [1.807, 2.05) is 44.2 Å². The van der Waals surface area contributed by atoms with Gasteiger partial charge in [-0.3, -0.25) is 19.2 Å². The van der Waals surface area contributed by atoms with Gasteiger partial charge in [-0.05, 0) is 38.7 Å². The molecule has 1 aromatic carbocycles. The highest BCUT2D eigenvalue weighted by Gasteiger charge is 2.75. The zero-order valence-electron chi connectivity index (χ0n) is 23.9. The van der Waals surface area contributed by atoms with Crippen molar-refractivity contribution in [3.63, 3.8) is 0 Å². The summed E-state index contributed by atoms with van der Waals surface area (Å²) in [5, 5.41) is 12.6. The molecule has 0 aliphatic carbocycles. The Labute approximate surface area is 241 Å². The zero-order chi connectivity index (χ0) is 29.7. The van der Waals surface area contributed by atoms with E-state index >= 15 is 0 Å². The number of nitrogens with zero attached hydrogens (tertiary/aromatic N) is 2. The quantitative estimate of drug-likeness (QED) is 0.261. The minimum absolute atomic E-state index is 0.0489. The van der Waals surface area contributed by atoms with Gasteiger partial charge in [0, 0.05) is 25.6 Å². The number of carbonyl (C=O) groups is 4. The summed E-state index contributed by atoms with van der Waals surface area (Å²) in [6.45, 7) is 11.2. The van der Waals surface area contributed by atoms with Gasteiger partial charge in [-0.1, -0.05) is 42.5 Å². The Bertz CT molecular complexity index is 1160. The first-order valence-corrected chi connectivity index (χ1v) is 14.3. The Morgan fingerprint density at radius 3 is 2.61 bits per heavy atom. The second-order valence-corrected chi connectivity index (χ2v) is 11.2. The van der Waals surface area contributed by atoms with Crippen molar-refractivity contribution in [1.82, 2.24) is 15.1 Å². The van der Waals surface area contributed by atoms with E-state index in [9.17, 15) is 24.3 Å². The van der Waals surface area contributed by atoms with Gasteiger partial charge in [-0.2, -0.15) is 0 Å². The van der Waals surface area contributed by atoms with E-state index in [-0.39, 0.29) is 44.0 Å². The molecule has 3 heterocycles. The lowest BCUT2D eigenvalue weighted by Crippen LogP contribution is -2.57. The molecule has 3 saturated heterocycles. The molecule has 6 atom stereocenters. The van der Waals surface area contributed by atoms with Crippen molar-refractivity contribution in [2.45, 2.75) is 69.4 Å². The van der Waals surface area contributed by atoms with Gasteiger partial charge < -0.3 is 29.7 Å². The molecule has 1 spiro atoms. The molecular weight excluding hydrogens is 526 g/mol. The van der Waals surface area contributed by atoms with Crippen LogP contribution in [0.2, 0.25) is 0 Å². The van der Waals surface area contributed by atoms with Gasteiger partial charge in [0.2, 0.25) is 17.7 Å². The highest BCUT2D eigenvalue weighted by molar-refractivity contribution is 5.98. The molecule has 0 aromatic heterocycles. The van der Waals surface area contributed by atoms with Crippen LogP contribution in [-0.4, -0.2) is 88.6 Å². The summed E-state index contributed by atoms with van der Waals surface area (Å²) in [4.78, 5) is 57.0. The van der Waals surface area contributed by atoms with Gasteiger partial charge >= 0.3 is 5.97 Å². The molecule has 0 unspecified atom stereocenters. The Morgan fingerprint density at radius 1 is 1.24 bits per heavy atom. The van der Waals surface area contributed by atoms with Crippen LogP contribution in [0.1, 0.15) is 51.2 Å². The molecule has 4 rings (SSSR count). The van der Waals surface area contributed by atoms with Gasteiger partial charge in [-0.15, -0.1) is 13.2 Å². The summed E-state index contributed by atoms with van der Waals surface area (Å²) in [5.41, 5.74) is -0.485. The third kappa shape index (κ3) is 5.81. The molecule has 222 valence electrons. The topological polar surface area (TPSA) is 125 Å². The fourth-order valence-corrected chi connectivity index (χ4v) is 6.54. The molecule has 2 N–H and O–H groups in total. The number of β-amino-alcohol motifs (C(OH)–C–C–N with tert-alkyl or cyclic N) is 1. The van der Waals surface area contributed by atoms with Crippen molar-refractivity contribution < 1.29 is 33.8 Å². The molecule has 3 aliphatic rings. The summed E-state index contributed by atoms with van der Waals surface area (Å²) in [7, 11) is 0. The number of benzene rings is 1. The Hall–Kier alpha value is -3.50. The van der Waals surface area contributed by atoms with Crippen LogP contribution in [0.25, 0.3) is 0 Å². The van der Waals surface area contributed by atoms with Crippen molar-refractivity contribution >= 4 is 23.7 Å². The fourth-order valence-electron chi connectivity index (χ4n) is 6.54. The number of nitrogens with one attached hydrogen (secondary N) is 1. The van der Waals surface area contributed by atoms with Gasteiger partial charge in [0.25, 0.3) is 0 Å². The van der Waals surface area contributed by atoms with Crippen LogP contribution in [0, 0.1) is 11.8 Å². The first-order chi connectivity index (χ1) is 19.7. The van der Waals surface area contributed by atoms with Gasteiger partial charge in [0.1, 0.15) is 17.7 Å². The number of hydrogen-bond acceptors (Lipinski definition) is 7. The van der Waals surface area contributed by atoms with Crippen LogP contribution in [-0.2, 0) is 28.7 Å². The SMILES string of the molecule is C=CCCC(=O)NC[C@@H](OC(=O)[C@@H]1[C@H]2C(=O)N(CCO)[C@H](C(=O)N(CC=C)C(C)C)[C@]23CC[C@H]1O3)c1ccccc1. The number of carbonyl (C=O) groups excluding carboxylic acids is 4. The van der Waals surface area contributed by atoms with E-state index in [0.717, 1.165) is 0 Å². The van der Waals surface area contributed by atoms with Crippen LogP contribution in [0.4, 0.5) is 0 Å². The number of ether oxygens (including phenoxy) is 2. The first-order valence-electron chi connectivity index (χ1n) is 14.3. The summed E-state index contributed by atoms with van der Waals surface area (Å²) < 4.78 is 12.5. The third-order valence-corrected chi connectivity index (χ3v) is 8.37. The highest BCUT2D eigenvalue weighted by atomic mass is 16.6. The van der Waals surface area contributed by atoms with Crippen LogP contribution >= 0.6 is 0 Å². The average Bonchev–Trinajstić information content (AvgIpc) is 3.60. The lowest BCUT2D eigenvalue weighted by molar-refractivity contribution is -0.160. The molecule has 41 heavy (non-hydrogen) atoms. The lowest BCUT2D eigenvalue weighted by Gasteiger charge is -2.38. The normalized spacial score (nSPS) is 26.9. The number of aliphatic hydroxyl groups is 1. The second kappa shape index (κ2) is 13.0. The lowest BCUT2D eigenvalue weighted by atomic mass is 9.70. The molecule has 2 bridgehead atoms. The minimum Gasteiger partial charge on any atom is -0.455 e. The number of allylic oxidation sites excluding steroid dienone is 1. The molecule has 1 aromatic rings. The van der Waals surface area contributed by atoms with E-state index in [1.54, 1.807) is 17.1 Å². The standard InChI is InChI=1S/C31H41N3O7/c1-5-7-13-24(36)32-19-23(21-11-9-8-10-12-21)40-30(39)25-22-14-15-31(41-22)26(25)28(37)34(17-18-35)27(31)29(38)33(16-6-2)20(3)4/h5-6,8-12,20,22-23,25-27,35H,1-2,7,13-19H2,3-4H3,(H,32,36)/t22-,23-,25+,26+,27-,31+/m1/s1. The monoisotopic (exact) mass is 567 g/mol. The van der Waals surface area contributed by atoms with E-state index in [4.69, 9.17) is 9.47 Å². The maximum absolute atomic E-state index is 14.0. The van der Waals surface area contributed by atoms with Gasteiger partial charge in [-0.25, -0.2) is 0 Å². The van der Waals surface area contributed by atoms with Crippen molar-refractivity contribution in [3.05, 3.63) is 61.2 Å². The largest absolute Gasteiger partial charge is 0.455 e. The van der Waals surface area contributed by atoms with Crippen molar-refractivity contribution in [2.24, 2.45) is 11.8 Å².